The molecule has 0 fully saturated rings. The number of nitrogens with zero attached hydrogens (tertiary/aromatic N) is 1. The number of primary amides is 1. The summed E-state index contributed by atoms with van der Waals surface area (Å²) in [4.78, 5) is 63.6. The van der Waals surface area contributed by atoms with E-state index in [0.717, 1.165) is 17.6 Å². The highest BCUT2D eigenvalue weighted by Gasteiger charge is 2.37. The van der Waals surface area contributed by atoms with Crippen molar-refractivity contribution in [2.24, 2.45) is 5.73 Å². The van der Waals surface area contributed by atoms with Crippen molar-refractivity contribution in [3.8, 4) is 0 Å². The number of aliphatic hydroxyl groups is 1. The van der Waals surface area contributed by atoms with Crippen LogP contribution in [-0.2, 0) is 28.7 Å². The van der Waals surface area contributed by atoms with E-state index in [2.05, 4.69) is 15.4 Å². The fourth-order valence-electron chi connectivity index (χ4n) is 3.44. The smallest absolute Gasteiger partial charge is 0.408 e. The number of alkyl carbamates (subject to hydrolysis) is 1. The Morgan fingerprint density at radius 1 is 1.14 bits per heavy atom. The number of nitrogens with one attached hydrogen (secondary N) is 2. The van der Waals surface area contributed by atoms with E-state index in [-0.39, 0.29) is 6.54 Å². The maximum Gasteiger partial charge on any atom is 0.408 e. The van der Waals surface area contributed by atoms with E-state index in [1.807, 2.05) is 6.92 Å². The van der Waals surface area contributed by atoms with Crippen molar-refractivity contribution in [3.05, 3.63) is 34.9 Å². The summed E-state index contributed by atoms with van der Waals surface area (Å²) in [5, 5.41) is 14.5. The van der Waals surface area contributed by atoms with Gasteiger partial charge in [0.15, 0.2) is 0 Å². The number of aryl methyl sites for hydroxylation is 2. The molecule has 36 heavy (non-hydrogen) atoms. The van der Waals surface area contributed by atoms with Gasteiger partial charge in [0.25, 0.3) is 0 Å². The maximum atomic E-state index is 13.6. The van der Waals surface area contributed by atoms with Crippen LogP contribution in [0.4, 0.5) is 4.79 Å². The second-order valence-electron chi connectivity index (χ2n) is 9.18. The number of ether oxygens (including phenoxy) is 2. The van der Waals surface area contributed by atoms with Crippen LogP contribution in [-0.4, -0.2) is 78.2 Å². The summed E-state index contributed by atoms with van der Waals surface area (Å²) in [7, 11) is 1.16. The molecule has 2 atom stereocenters. The second-order valence-corrected chi connectivity index (χ2v) is 9.18. The lowest BCUT2D eigenvalue weighted by atomic mass is 9.96. The Morgan fingerprint density at radius 3 is 2.28 bits per heavy atom. The SMILES string of the molecule is COC(=O)CNC(=O)C(c1ccc(C)cc1C)N(CCO)C(=O)C(CC(N)=O)NC(=O)OC(C)(C)C. The van der Waals surface area contributed by atoms with Crippen LogP contribution in [0.1, 0.15) is 49.9 Å². The van der Waals surface area contributed by atoms with Crippen molar-refractivity contribution in [2.45, 2.75) is 58.7 Å². The molecule has 0 radical (unpaired) electrons. The Bertz CT molecular complexity index is 973. The Balaban J connectivity index is 3.49. The van der Waals surface area contributed by atoms with Gasteiger partial charge in [-0.25, -0.2) is 4.79 Å². The number of nitrogens with two attached hydrogens (primary N) is 1. The zero-order valence-corrected chi connectivity index (χ0v) is 21.5. The molecule has 1 aromatic carbocycles. The number of hydrogen-bond acceptors (Lipinski definition) is 8. The fraction of sp³-hybridized carbons (Fsp3) is 0.542. The molecule has 0 aromatic heterocycles. The first kappa shape index (κ1) is 30.4. The maximum absolute atomic E-state index is 13.6. The first-order valence-corrected chi connectivity index (χ1v) is 11.3. The topological polar surface area (TPSA) is 177 Å². The molecule has 0 saturated carbocycles. The van der Waals surface area contributed by atoms with Gasteiger partial charge in [0, 0.05) is 6.54 Å². The summed E-state index contributed by atoms with van der Waals surface area (Å²) in [5.74, 6) is -3.18. The van der Waals surface area contributed by atoms with Crippen LogP contribution in [0.15, 0.2) is 18.2 Å². The lowest BCUT2D eigenvalue weighted by molar-refractivity contribution is -0.145. The summed E-state index contributed by atoms with van der Waals surface area (Å²) in [6, 6.07) is 2.40. The number of esters is 1. The van der Waals surface area contributed by atoms with Gasteiger partial charge in [0.1, 0.15) is 24.2 Å². The summed E-state index contributed by atoms with van der Waals surface area (Å²) in [6.07, 6.45) is -1.55. The monoisotopic (exact) mass is 508 g/mol. The molecule has 0 aliphatic carbocycles. The molecule has 12 heteroatoms. The van der Waals surface area contributed by atoms with Crippen molar-refractivity contribution in [1.82, 2.24) is 15.5 Å². The Kier molecular flexibility index (Phi) is 11.3. The molecule has 0 aliphatic heterocycles. The van der Waals surface area contributed by atoms with Crippen LogP contribution in [0.25, 0.3) is 0 Å². The zero-order chi connectivity index (χ0) is 27.6. The number of benzene rings is 1. The predicted molar refractivity (Wildman–Crippen MR) is 129 cm³/mol. The van der Waals surface area contributed by atoms with Gasteiger partial charge < -0.3 is 35.8 Å². The number of hydrogen-bond donors (Lipinski definition) is 4. The number of aliphatic hydroxyl groups excluding tert-OH is 1. The number of amides is 4. The van der Waals surface area contributed by atoms with Gasteiger partial charge in [-0.2, -0.15) is 0 Å². The number of carbonyl (C=O) groups is 5. The average molecular weight is 509 g/mol. The highest BCUT2D eigenvalue weighted by molar-refractivity contribution is 5.95. The minimum Gasteiger partial charge on any atom is -0.468 e. The predicted octanol–water partition coefficient (Wildman–Crippen LogP) is 0.223. The van der Waals surface area contributed by atoms with Crippen molar-refractivity contribution < 1.29 is 38.6 Å². The number of carbonyl (C=O) groups excluding carboxylic acids is 5. The van der Waals surface area contributed by atoms with Crippen molar-refractivity contribution in [1.29, 1.82) is 0 Å². The molecule has 0 saturated heterocycles. The Labute approximate surface area is 210 Å². The molecule has 5 N–H and O–H groups in total. The average Bonchev–Trinajstić information content (AvgIpc) is 2.75. The standard InChI is InChI=1S/C24H36N4O8/c1-14-7-8-16(15(2)11-14)20(21(32)26-13-19(31)35-6)28(9-10-29)22(33)17(12-18(25)30)27-23(34)36-24(3,4)5/h7-8,11,17,20,29H,9-10,12-13H2,1-6H3,(H2,25,30)(H,26,32)(H,27,34). The summed E-state index contributed by atoms with van der Waals surface area (Å²) in [5.41, 5.74) is 6.41. The molecule has 1 aromatic rings. The summed E-state index contributed by atoms with van der Waals surface area (Å²) in [6.45, 7) is 7.14. The minimum atomic E-state index is -1.48. The molecule has 0 heterocycles. The van der Waals surface area contributed by atoms with Gasteiger partial charge in [-0.05, 0) is 45.7 Å². The molecule has 0 bridgehead atoms. The first-order valence-electron chi connectivity index (χ1n) is 11.3. The fourth-order valence-corrected chi connectivity index (χ4v) is 3.44. The van der Waals surface area contributed by atoms with Gasteiger partial charge >= 0.3 is 12.1 Å². The molecule has 200 valence electrons. The molecule has 0 spiro atoms. The van der Waals surface area contributed by atoms with E-state index >= 15 is 0 Å². The molecule has 1 rings (SSSR count). The summed E-state index contributed by atoms with van der Waals surface area (Å²) < 4.78 is 9.75. The van der Waals surface area contributed by atoms with Gasteiger partial charge in [-0.1, -0.05) is 23.8 Å². The quantitative estimate of drug-likeness (QED) is 0.307. The van der Waals surface area contributed by atoms with Crippen LogP contribution in [0.5, 0.6) is 0 Å². The third-order valence-corrected chi connectivity index (χ3v) is 4.93. The Morgan fingerprint density at radius 2 is 1.78 bits per heavy atom. The van der Waals surface area contributed by atoms with E-state index < -0.39 is 67.0 Å². The molecular weight excluding hydrogens is 472 g/mol. The highest BCUT2D eigenvalue weighted by Crippen LogP contribution is 2.26. The third kappa shape index (κ3) is 9.53. The summed E-state index contributed by atoms with van der Waals surface area (Å²) >= 11 is 0. The highest BCUT2D eigenvalue weighted by atomic mass is 16.6. The van der Waals surface area contributed by atoms with Crippen molar-refractivity contribution >= 4 is 29.8 Å². The lowest BCUT2D eigenvalue weighted by Crippen LogP contribution is -2.55. The first-order chi connectivity index (χ1) is 16.7. The van der Waals surface area contributed by atoms with Crippen LogP contribution in [0.2, 0.25) is 0 Å². The second kappa shape index (κ2) is 13.4. The molecular formula is C24H36N4O8. The normalized spacial score (nSPS) is 12.6. The third-order valence-electron chi connectivity index (χ3n) is 4.93. The van der Waals surface area contributed by atoms with Crippen molar-refractivity contribution in [2.75, 3.05) is 26.8 Å². The van der Waals surface area contributed by atoms with Gasteiger partial charge in [-0.15, -0.1) is 0 Å². The lowest BCUT2D eigenvalue weighted by Gasteiger charge is -2.34. The van der Waals surface area contributed by atoms with E-state index in [1.54, 1.807) is 45.9 Å². The minimum absolute atomic E-state index is 0.326. The van der Waals surface area contributed by atoms with Crippen molar-refractivity contribution in [3.63, 3.8) is 0 Å². The number of methoxy groups -OCH3 is 1. The number of rotatable bonds is 11. The van der Waals surface area contributed by atoms with Gasteiger partial charge in [0.05, 0.1) is 20.1 Å². The molecule has 4 amide bonds. The molecule has 0 aliphatic rings. The van der Waals surface area contributed by atoms with E-state index in [4.69, 9.17) is 10.5 Å². The van der Waals surface area contributed by atoms with E-state index in [0.29, 0.717) is 11.1 Å². The van der Waals surface area contributed by atoms with E-state index in [1.165, 1.54) is 0 Å². The van der Waals surface area contributed by atoms with Crippen LogP contribution >= 0.6 is 0 Å². The zero-order valence-electron chi connectivity index (χ0n) is 21.5. The van der Waals surface area contributed by atoms with Crippen LogP contribution in [0.3, 0.4) is 0 Å². The van der Waals surface area contributed by atoms with Crippen LogP contribution < -0.4 is 16.4 Å². The molecule has 2 unspecified atom stereocenters. The van der Waals surface area contributed by atoms with Crippen LogP contribution in [0, 0.1) is 13.8 Å². The largest absolute Gasteiger partial charge is 0.468 e. The van der Waals surface area contributed by atoms with E-state index in [9.17, 15) is 29.1 Å². The Hall–Kier alpha value is -3.67. The van der Waals surface area contributed by atoms with Gasteiger partial charge in [0.2, 0.25) is 17.7 Å². The molecule has 12 nitrogen and oxygen atoms in total. The van der Waals surface area contributed by atoms with Gasteiger partial charge in [-0.3, -0.25) is 19.2 Å².